The minimum absolute atomic E-state index is 0.838. The first-order valence-corrected chi connectivity index (χ1v) is 50.6. The van der Waals surface area contributed by atoms with Crippen LogP contribution in [-0.2, 0) is 0 Å². The zero-order valence-electron chi connectivity index (χ0n) is 81.2. The highest BCUT2D eigenvalue weighted by Gasteiger charge is 2.27. The summed E-state index contributed by atoms with van der Waals surface area (Å²) >= 11 is 0. The molecule has 150 heavy (non-hydrogen) atoms. The lowest BCUT2D eigenvalue weighted by molar-refractivity contribution is 1.06. The van der Waals surface area contributed by atoms with Gasteiger partial charge in [0.2, 0.25) is 0 Å². The van der Waals surface area contributed by atoms with E-state index in [4.69, 9.17) is 34.9 Å². The van der Waals surface area contributed by atoms with Gasteiger partial charge in [-0.3, -0.25) is 23.7 Å². The van der Waals surface area contributed by atoms with E-state index in [0.717, 1.165) is 173 Å². The number of rotatable bonds is 15. The zero-order valence-corrected chi connectivity index (χ0v) is 81.2. The van der Waals surface area contributed by atoms with E-state index < -0.39 is 0 Å². The molecule has 0 aliphatic carbocycles. The number of hydrogen-bond acceptors (Lipinski definition) is 7. The second-order valence-electron chi connectivity index (χ2n) is 37.8. The Balaban J connectivity index is 0.000000108. The summed E-state index contributed by atoms with van der Waals surface area (Å²) in [5.74, 6) is 0.838. The van der Waals surface area contributed by atoms with Crippen LogP contribution in [-0.4, -0.2) is 62.3 Å². The van der Waals surface area contributed by atoms with Gasteiger partial charge in [0.25, 0.3) is 0 Å². The Bertz CT molecular complexity index is 9320. The molecule has 30 aromatic rings. The first-order chi connectivity index (χ1) is 74.4. The Labute approximate surface area is 863 Å². The minimum Gasteiger partial charge on any atom is -0.309 e. The van der Waals surface area contributed by atoms with Gasteiger partial charge in [0, 0.05) is 146 Å². The van der Waals surface area contributed by atoms with Crippen molar-refractivity contribution in [2.24, 2.45) is 0 Å². The van der Waals surface area contributed by atoms with Crippen LogP contribution in [0.5, 0.6) is 0 Å². The standard InChI is InChI=1S/2C46H30N4.C45H29N5/c1-4-14-31(15-5-1)34-29-40(32-16-6-2-7-17-32)48-44(30-34)50-42-26-25-33(28-39(42)37-22-13-27-47-46(37)50)36-21-12-24-43-45(36)38-20-10-11-23-41(38)49(43)35-18-8-3-9-19-35;1-4-14-31(15-5-1)40-29-35(30-41(48-40)32-16-6-2-7-17-32)50-43-26-25-33(28-39(43)37-22-13-27-47-46(37)50)36-21-12-24-44-45(36)38-20-10-11-23-42(38)49(44)34-18-8-3-9-19-34;1-2-12-33(13-3-1)49-41-19-5-4-14-37(41)44-35(15-10-20-43(44)49)30-21-22-42-38(29-30)36-16-11-25-48-45(36)50(42)34-27-31(39-17-6-8-23-46-39)26-32(28-34)40-18-7-9-24-47-40/h2*1-30H;1-29H. The van der Waals surface area contributed by atoms with E-state index in [1.165, 1.54) is 93.2 Å². The molecule has 0 saturated heterocycles. The molecule has 0 radical (unpaired) electrons. The highest BCUT2D eigenvalue weighted by atomic mass is 15.1. The highest BCUT2D eigenvalue weighted by molar-refractivity contribution is 6.21. The lowest BCUT2D eigenvalue weighted by Gasteiger charge is -2.13. The van der Waals surface area contributed by atoms with Crippen LogP contribution in [0, 0.1) is 0 Å². The van der Waals surface area contributed by atoms with Gasteiger partial charge in [-0.25, -0.2) is 24.9 Å². The smallest absolute Gasteiger partial charge is 0.146 e. The molecule has 0 fully saturated rings. The quantitative estimate of drug-likeness (QED) is 0.100. The number of pyridine rings is 7. The maximum absolute atomic E-state index is 5.28. The van der Waals surface area contributed by atoms with Crippen LogP contribution >= 0.6 is 0 Å². The summed E-state index contributed by atoms with van der Waals surface area (Å²) < 4.78 is 13.9. The largest absolute Gasteiger partial charge is 0.309 e. The van der Waals surface area contributed by atoms with Crippen molar-refractivity contribution in [1.82, 2.24) is 62.3 Å². The monoisotopic (exact) mass is 1920 g/mol. The molecule has 0 N–H and O–H groups in total. The molecule has 702 valence electrons. The molecule has 13 nitrogen and oxygen atoms in total. The van der Waals surface area contributed by atoms with Crippen molar-refractivity contribution in [3.8, 4) is 135 Å². The van der Waals surface area contributed by atoms with Crippen LogP contribution in [0.15, 0.2) is 541 Å². The minimum atomic E-state index is 0.838. The topological polar surface area (TPSA) is 120 Å². The van der Waals surface area contributed by atoms with E-state index in [9.17, 15) is 0 Å². The van der Waals surface area contributed by atoms with Gasteiger partial charge in [-0.05, 0) is 257 Å². The van der Waals surface area contributed by atoms with E-state index in [-0.39, 0.29) is 0 Å². The second kappa shape index (κ2) is 37.1. The normalized spacial score (nSPS) is 11.6. The third kappa shape index (κ3) is 15.2. The first-order valence-electron chi connectivity index (χ1n) is 50.6. The van der Waals surface area contributed by atoms with Crippen molar-refractivity contribution in [2.45, 2.75) is 0 Å². The van der Waals surface area contributed by atoms with Crippen molar-refractivity contribution in [1.29, 1.82) is 0 Å². The Morgan fingerprint density at radius 2 is 0.433 bits per heavy atom. The number of hydrogen-bond donors (Lipinski definition) is 0. The molecule has 0 aliphatic rings. The predicted octanol–water partition coefficient (Wildman–Crippen LogP) is 34.4. The summed E-state index contributed by atoms with van der Waals surface area (Å²) in [4.78, 5) is 34.7. The molecule has 0 spiro atoms. The van der Waals surface area contributed by atoms with E-state index in [0.29, 0.717) is 0 Å². The van der Waals surface area contributed by atoms with Gasteiger partial charge in [0.05, 0.1) is 83.8 Å². The van der Waals surface area contributed by atoms with Crippen molar-refractivity contribution in [2.75, 3.05) is 0 Å². The van der Waals surface area contributed by atoms with Crippen LogP contribution in [0.1, 0.15) is 0 Å². The first kappa shape index (κ1) is 87.4. The fraction of sp³-hybridized carbons (Fsp3) is 0. The van der Waals surface area contributed by atoms with Crippen molar-refractivity contribution < 1.29 is 0 Å². The van der Waals surface area contributed by atoms with Crippen molar-refractivity contribution in [3.05, 3.63) is 541 Å². The van der Waals surface area contributed by atoms with Gasteiger partial charge in [0.1, 0.15) is 22.8 Å². The van der Waals surface area contributed by atoms with Crippen LogP contribution in [0.4, 0.5) is 0 Å². The summed E-state index contributed by atoms with van der Waals surface area (Å²) in [6, 6.07) is 180. The lowest BCUT2D eigenvalue weighted by Crippen LogP contribution is -2.01. The Morgan fingerprint density at radius 1 is 0.133 bits per heavy atom. The Morgan fingerprint density at radius 3 is 0.807 bits per heavy atom. The van der Waals surface area contributed by atoms with Gasteiger partial charge >= 0.3 is 0 Å². The molecule has 0 atom stereocenters. The molecular weight excluding hydrogens is 1830 g/mol. The van der Waals surface area contributed by atoms with Gasteiger partial charge < -0.3 is 13.7 Å². The number of para-hydroxylation sites is 6. The zero-order chi connectivity index (χ0) is 99.1. The highest BCUT2D eigenvalue weighted by Crippen LogP contribution is 2.48. The van der Waals surface area contributed by atoms with Gasteiger partial charge in [-0.1, -0.05) is 297 Å². The van der Waals surface area contributed by atoms with Gasteiger partial charge in [-0.2, -0.15) is 0 Å². The number of fused-ring (bicyclic) bond motifs is 18. The van der Waals surface area contributed by atoms with Crippen LogP contribution in [0.25, 0.3) is 266 Å². The lowest BCUT2D eigenvalue weighted by atomic mass is 9.98. The van der Waals surface area contributed by atoms with Gasteiger partial charge in [-0.15, -0.1) is 0 Å². The molecule has 0 bridgehead atoms. The number of nitrogens with zero attached hydrogens (tertiary/aromatic N) is 13. The fourth-order valence-electron chi connectivity index (χ4n) is 22.6. The van der Waals surface area contributed by atoms with E-state index in [1.807, 2.05) is 104 Å². The van der Waals surface area contributed by atoms with Crippen molar-refractivity contribution >= 4 is 131 Å². The number of benzene rings is 17. The predicted molar refractivity (Wildman–Crippen MR) is 619 cm³/mol. The molecule has 17 aromatic carbocycles. The summed E-state index contributed by atoms with van der Waals surface area (Å²) in [7, 11) is 0. The SMILES string of the molecule is c1ccc(-c2cc(-c3ccccc3)nc(-n3c4ccc(-c5cccc6c5c5ccccc5n6-c5ccccc5)cc4c4cccnc43)c2)cc1.c1ccc(-c2cc(-n3c4ccc(-c5cccc6c5c5ccccc5n6-c5ccccc5)cc4c4cccnc43)cc(-c3ccccc3)n2)cc1.c1ccc(-n2c3ccccc3c3c(-c4ccc5c(c4)c4cccnc4n5-c4cc(-c5ccccn5)cc(-c5ccccn5)c4)cccc32)cc1. The molecule has 0 aliphatic heterocycles. The summed E-state index contributed by atoms with van der Waals surface area (Å²) in [6.07, 6.45) is 9.31. The molecular formula is C137H89N13. The summed E-state index contributed by atoms with van der Waals surface area (Å²) in [5, 5.41) is 14.2. The molecule has 13 heterocycles. The summed E-state index contributed by atoms with van der Waals surface area (Å²) in [5.41, 5.74) is 37.8. The third-order valence-corrected chi connectivity index (χ3v) is 29.2. The van der Waals surface area contributed by atoms with Crippen LogP contribution < -0.4 is 0 Å². The maximum Gasteiger partial charge on any atom is 0.146 e. The molecule has 13 heteroatoms. The third-order valence-electron chi connectivity index (χ3n) is 29.2. The molecule has 0 amide bonds. The maximum atomic E-state index is 5.28. The Hall–Kier alpha value is -20.4. The average Bonchev–Trinajstić information content (AvgIpc) is 1.58. The van der Waals surface area contributed by atoms with Crippen LogP contribution in [0.3, 0.4) is 0 Å². The van der Waals surface area contributed by atoms with E-state index in [1.54, 1.807) is 0 Å². The van der Waals surface area contributed by atoms with Crippen LogP contribution in [0.2, 0.25) is 0 Å². The second-order valence-corrected chi connectivity index (χ2v) is 37.8. The molecule has 0 saturated carbocycles. The molecule has 13 aromatic heterocycles. The number of aromatic nitrogens is 13. The Kier molecular flexibility index (Phi) is 21.6. The molecule has 0 unspecified atom stereocenters. The van der Waals surface area contributed by atoms with E-state index >= 15 is 0 Å². The molecule has 30 rings (SSSR count). The van der Waals surface area contributed by atoms with E-state index in [2.05, 4.69) is 464 Å². The van der Waals surface area contributed by atoms with Crippen molar-refractivity contribution in [3.63, 3.8) is 0 Å². The average molecular weight is 1920 g/mol. The van der Waals surface area contributed by atoms with Gasteiger partial charge in [0.15, 0.2) is 0 Å². The summed E-state index contributed by atoms with van der Waals surface area (Å²) in [6.45, 7) is 0. The fourth-order valence-corrected chi connectivity index (χ4v) is 22.6.